The van der Waals surface area contributed by atoms with Crippen molar-refractivity contribution in [1.29, 1.82) is 0 Å². The summed E-state index contributed by atoms with van der Waals surface area (Å²) in [5.74, 6) is -2.74. The first-order chi connectivity index (χ1) is 8.54. The van der Waals surface area contributed by atoms with Gasteiger partial charge in [0, 0.05) is 0 Å². The second-order valence-corrected chi connectivity index (χ2v) is 3.48. The smallest absolute Gasteiger partial charge is 0.0739 e. The van der Waals surface area contributed by atoms with Crippen LogP contribution in [0.3, 0.4) is 0 Å². The summed E-state index contributed by atoms with van der Waals surface area (Å²) in [6.07, 6.45) is 8.76. The van der Waals surface area contributed by atoms with E-state index in [1.165, 1.54) is 25.7 Å². The average molecular weight is 258 g/mol. The van der Waals surface area contributed by atoms with Crippen LogP contribution >= 0.6 is 0 Å². The molecule has 6 N–H and O–H groups in total. The number of carbonyl (C=O) groups is 2. The first kappa shape index (κ1) is 18.7. The molecule has 0 fully saturated rings. The van der Waals surface area contributed by atoms with E-state index in [1.807, 2.05) is 0 Å². The van der Waals surface area contributed by atoms with Gasteiger partial charge in [-0.05, 0) is 37.8 Å². The number of unbranched alkanes of at least 4 members (excludes halogenated alkanes) is 3. The van der Waals surface area contributed by atoms with Crippen molar-refractivity contribution in [3.05, 3.63) is 24.3 Å². The summed E-state index contributed by atoms with van der Waals surface area (Å²) in [7, 11) is 0. The standard InChI is InChI=1S/C6H16N2.C6H6O4/c7-5-3-1-2-4-6-8;7-5(8)3-1-2-4-6(9)10/h1-8H2;1-4H,(H,7,8)(H,9,10)/b;3-1-,4-2+. The molecule has 6 nitrogen and oxygen atoms in total. The minimum absolute atomic E-state index is 0.708. The Morgan fingerprint density at radius 1 is 0.778 bits per heavy atom. The summed E-state index contributed by atoms with van der Waals surface area (Å²) < 4.78 is 0. The number of aliphatic carboxylic acids is 2. The van der Waals surface area contributed by atoms with Crippen molar-refractivity contribution in [3.8, 4) is 0 Å². The number of hydrogen-bond acceptors (Lipinski definition) is 4. The lowest BCUT2D eigenvalue weighted by molar-refractivity contribution is -0.371. The summed E-state index contributed by atoms with van der Waals surface area (Å²) in [6, 6.07) is 0. The van der Waals surface area contributed by atoms with Crippen molar-refractivity contribution in [2.75, 3.05) is 13.1 Å². The summed E-state index contributed by atoms with van der Waals surface area (Å²) >= 11 is 0. The Morgan fingerprint density at radius 3 is 1.33 bits per heavy atom. The van der Waals surface area contributed by atoms with Crippen molar-refractivity contribution in [1.82, 2.24) is 0 Å². The van der Waals surface area contributed by atoms with Gasteiger partial charge in [0.2, 0.25) is 0 Å². The Bertz CT molecular complexity index is 247. The fourth-order valence-electron chi connectivity index (χ4n) is 0.975. The molecule has 0 atom stereocenters. The molecule has 104 valence electrons. The van der Waals surface area contributed by atoms with Gasteiger partial charge in [-0.1, -0.05) is 12.2 Å². The third-order valence-electron chi connectivity index (χ3n) is 1.83. The molecule has 0 saturated heterocycles. The topological polar surface area (TPSA) is 136 Å². The van der Waals surface area contributed by atoms with E-state index >= 15 is 0 Å². The lowest BCUT2D eigenvalue weighted by Gasteiger charge is -1.91. The SMILES string of the molecule is O=C([O-])/C=C\C=C\C(=O)[O-].[NH3+]CCCCCC[NH3+]. The zero-order valence-electron chi connectivity index (χ0n) is 10.6. The van der Waals surface area contributed by atoms with E-state index in [0.29, 0.717) is 12.2 Å². The molecule has 0 heterocycles. The van der Waals surface area contributed by atoms with Gasteiger partial charge < -0.3 is 31.3 Å². The largest absolute Gasteiger partial charge is 0.545 e. The van der Waals surface area contributed by atoms with Crippen LogP contribution in [0.25, 0.3) is 0 Å². The van der Waals surface area contributed by atoms with Crippen molar-refractivity contribution in [3.63, 3.8) is 0 Å². The van der Waals surface area contributed by atoms with E-state index in [-0.39, 0.29) is 0 Å². The number of quaternary nitrogens is 2. The number of carboxylic acid groups (broad SMARTS) is 2. The quantitative estimate of drug-likeness (QED) is 0.267. The molecule has 0 aliphatic heterocycles. The maximum Gasteiger partial charge on any atom is 0.0739 e. The predicted molar refractivity (Wildman–Crippen MR) is 62.3 cm³/mol. The molecule has 0 saturated carbocycles. The lowest BCUT2D eigenvalue weighted by atomic mass is 10.2. The van der Waals surface area contributed by atoms with Crippen LogP contribution < -0.4 is 21.7 Å². The molecular weight excluding hydrogens is 236 g/mol. The van der Waals surface area contributed by atoms with Crippen molar-refractivity contribution >= 4 is 11.9 Å². The highest BCUT2D eigenvalue weighted by Gasteiger charge is 1.86. The Kier molecular flexibility index (Phi) is 15.9. The molecule has 0 bridgehead atoms. The second kappa shape index (κ2) is 15.3. The maximum atomic E-state index is 9.65. The Hall–Kier alpha value is -1.66. The highest BCUT2D eigenvalue weighted by atomic mass is 16.4. The van der Waals surface area contributed by atoms with Gasteiger partial charge in [-0.2, -0.15) is 0 Å². The number of carbonyl (C=O) groups excluding carboxylic acids is 2. The zero-order valence-corrected chi connectivity index (χ0v) is 10.6. The number of allylic oxidation sites excluding steroid dienone is 2. The van der Waals surface area contributed by atoms with Gasteiger partial charge >= 0.3 is 0 Å². The molecule has 0 aromatic rings. The van der Waals surface area contributed by atoms with Crippen LogP contribution in [0.15, 0.2) is 24.3 Å². The van der Waals surface area contributed by atoms with Crippen LogP contribution in [0, 0.1) is 0 Å². The van der Waals surface area contributed by atoms with Crippen LogP contribution in [0.1, 0.15) is 25.7 Å². The van der Waals surface area contributed by atoms with Crippen LogP contribution in [0.5, 0.6) is 0 Å². The summed E-state index contributed by atoms with van der Waals surface area (Å²) in [5, 5.41) is 19.3. The van der Waals surface area contributed by atoms with Crippen molar-refractivity contribution in [2.24, 2.45) is 0 Å². The normalized spacial score (nSPS) is 10.3. The van der Waals surface area contributed by atoms with E-state index in [9.17, 15) is 19.8 Å². The van der Waals surface area contributed by atoms with E-state index in [0.717, 1.165) is 25.2 Å². The molecule has 0 amide bonds. The van der Waals surface area contributed by atoms with Gasteiger partial charge in [0.15, 0.2) is 0 Å². The molecule has 0 rings (SSSR count). The Morgan fingerprint density at radius 2 is 1.11 bits per heavy atom. The molecule has 0 aromatic carbocycles. The van der Waals surface area contributed by atoms with Gasteiger partial charge in [-0.3, -0.25) is 0 Å². The summed E-state index contributed by atoms with van der Waals surface area (Å²) in [4.78, 5) is 19.3. The molecule has 0 radical (unpaired) electrons. The van der Waals surface area contributed by atoms with E-state index in [1.54, 1.807) is 0 Å². The highest BCUT2D eigenvalue weighted by Crippen LogP contribution is 1.94. The van der Waals surface area contributed by atoms with Gasteiger partial charge in [-0.15, -0.1) is 0 Å². The minimum Gasteiger partial charge on any atom is -0.545 e. The fourth-order valence-corrected chi connectivity index (χ4v) is 0.975. The molecule has 0 aliphatic rings. The number of carboxylic acids is 2. The molecule has 0 aromatic heterocycles. The second-order valence-electron chi connectivity index (χ2n) is 3.48. The minimum atomic E-state index is -1.37. The van der Waals surface area contributed by atoms with Gasteiger partial charge in [0.05, 0.1) is 25.0 Å². The van der Waals surface area contributed by atoms with E-state index in [4.69, 9.17) is 0 Å². The van der Waals surface area contributed by atoms with Crippen molar-refractivity contribution < 1.29 is 31.3 Å². The Balaban J connectivity index is 0. The Labute approximate surface area is 107 Å². The highest BCUT2D eigenvalue weighted by molar-refractivity contribution is 5.80. The van der Waals surface area contributed by atoms with Gasteiger partial charge in [0.1, 0.15) is 0 Å². The lowest BCUT2D eigenvalue weighted by Crippen LogP contribution is -2.50. The van der Waals surface area contributed by atoms with Gasteiger partial charge in [0.25, 0.3) is 0 Å². The van der Waals surface area contributed by atoms with Crippen molar-refractivity contribution in [2.45, 2.75) is 25.7 Å². The molecule has 0 aliphatic carbocycles. The predicted octanol–water partition coefficient (Wildman–Crippen LogP) is -3.37. The first-order valence-corrected chi connectivity index (χ1v) is 5.89. The molecule has 18 heavy (non-hydrogen) atoms. The fraction of sp³-hybridized carbons (Fsp3) is 0.500. The first-order valence-electron chi connectivity index (χ1n) is 5.89. The van der Waals surface area contributed by atoms with Crippen LogP contribution in [0.4, 0.5) is 0 Å². The van der Waals surface area contributed by atoms with Crippen LogP contribution in [-0.2, 0) is 9.59 Å². The van der Waals surface area contributed by atoms with Gasteiger partial charge in [-0.25, -0.2) is 0 Å². The molecule has 0 spiro atoms. The van der Waals surface area contributed by atoms with E-state index in [2.05, 4.69) is 11.5 Å². The molecule has 0 unspecified atom stereocenters. The number of rotatable bonds is 8. The van der Waals surface area contributed by atoms with E-state index < -0.39 is 11.9 Å². The summed E-state index contributed by atoms with van der Waals surface area (Å²) in [5.41, 5.74) is 7.54. The third kappa shape index (κ3) is 23.9. The third-order valence-corrected chi connectivity index (χ3v) is 1.83. The zero-order chi connectivity index (χ0) is 14.2. The average Bonchev–Trinajstić information content (AvgIpc) is 2.31. The van der Waals surface area contributed by atoms with Crippen LogP contribution in [0.2, 0.25) is 0 Å². The summed E-state index contributed by atoms with van der Waals surface area (Å²) in [6.45, 7) is 2.19. The molecular formula is C12H22N2O4. The number of hydrogen-bond donors (Lipinski definition) is 2. The molecule has 6 heteroatoms. The maximum absolute atomic E-state index is 9.65. The van der Waals surface area contributed by atoms with Crippen LogP contribution in [-0.4, -0.2) is 25.0 Å². The monoisotopic (exact) mass is 258 g/mol.